The number of carbonyl (C=O) groups excluding carboxylic acids is 2. The van der Waals surface area contributed by atoms with E-state index in [4.69, 9.17) is 4.74 Å². The smallest absolute Gasteiger partial charge is 0.333 e. The molecule has 1 atom stereocenters. The van der Waals surface area contributed by atoms with Gasteiger partial charge in [-0.05, 0) is 72.4 Å². The van der Waals surface area contributed by atoms with Crippen LogP contribution in [0.3, 0.4) is 0 Å². The highest BCUT2D eigenvalue weighted by Gasteiger charge is 2.29. The Kier molecular flexibility index (Phi) is 8.26. The lowest BCUT2D eigenvalue weighted by Crippen LogP contribution is -2.40. The van der Waals surface area contributed by atoms with Gasteiger partial charge >= 0.3 is 5.97 Å². The summed E-state index contributed by atoms with van der Waals surface area (Å²) in [5.41, 5.74) is 2.74. The second kappa shape index (κ2) is 12.0. The quantitative estimate of drug-likeness (QED) is 0.417. The van der Waals surface area contributed by atoms with Gasteiger partial charge in [0, 0.05) is 12.2 Å². The first-order valence-corrected chi connectivity index (χ1v) is 14.2. The van der Waals surface area contributed by atoms with Gasteiger partial charge in [-0.15, -0.1) is 0 Å². The molecule has 0 aliphatic heterocycles. The molecule has 38 heavy (non-hydrogen) atoms. The lowest BCUT2D eigenvalue weighted by atomic mass is 9.88. The third-order valence-corrected chi connectivity index (χ3v) is 8.36. The topological polar surface area (TPSA) is 77.4 Å². The summed E-state index contributed by atoms with van der Waals surface area (Å²) in [4.78, 5) is 40.6. The normalized spacial score (nSPS) is 17.2. The van der Waals surface area contributed by atoms with E-state index in [0.29, 0.717) is 18.0 Å². The predicted octanol–water partition coefficient (Wildman–Crippen LogP) is 5.88. The van der Waals surface area contributed by atoms with E-state index in [1.54, 1.807) is 6.07 Å². The maximum absolute atomic E-state index is 13.9. The minimum absolute atomic E-state index is 0.120. The van der Waals surface area contributed by atoms with Crippen LogP contribution >= 0.6 is 0 Å². The summed E-state index contributed by atoms with van der Waals surface area (Å²) in [5.74, 6) is -0.628. The molecule has 0 radical (unpaired) electrons. The van der Waals surface area contributed by atoms with Gasteiger partial charge in [0.1, 0.15) is 5.56 Å². The molecule has 0 saturated heterocycles. The van der Waals surface area contributed by atoms with Crippen LogP contribution in [0.15, 0.2) is 53.3 Å². The lowest BCUT2D eigenvalue weighted by Gasteiger charge is -2.27. The van der Waals surface area contributed by atoms with Gasteiger partial charge in [0.25, 0.3) is 11.5 Å². The predicted molar refractivity (Wildman–Crippen MR) is 149 cm³/mol. The van der Waals surface area contributed by atoms with Crippen LogP contribution in [0.1, 0.15) is 91.0 Å². The number of aromatic nitrogens is 1. The molecule has 0 spiro atoms. The van der Waals surface area contributed by atoms with Crippen molar-refractivity contribution in [3.05, 3.63) is 81.3 Å². The van der Waals surface area contributed by atoms with Crippen LogP contribution in [0.2, 0.25) is 0 Å². The molecule has 1 unspecified atom stereocenters. The zero-order valence-electron chi connectivity index (χ0n) is 22.3. The summed E-state index contributed by atoms with van der Waals surface area (Å²) in [6, 6.07) is 14.2. The van der Waals surface area contributed by atoms with Gasteiger partial charge in [0.15, 0.2) is 6.04 Å². The van der Waals surface area contributed by atoms with Crippen molar-refractivity contribution in [2.45, 2.75) is 83.2 Å². The maximum Gasteiger partial charge on any atom is 0.333 e. The number of methoxy groups -OCH3 is 1. The van der Waals surface area contributed by atoms with Crippen molar-refractivity contribution in [1.29, 1.82) is 0 Å². The summed E-state index contributed by atoms with van der Waals surface area (Å²) in [6.45, 7) is 0.673. The molecule has 1 N–H and O–H groups in total. The van der Waals surface area contributed by atoms with E-state index in [1.807, 2.05) is 47.0 Å². The number of pyridine rings is 1. The molecule has 6 nitrogen and oxygen atoms in total. The first-order valence-electron chi connectivity index (χ1n) is 14.2. The molecule has 1 heterocycles. The fourth-order valence-corrected chi connectivity index (χ4v) is 6.31. The van der Waals surface area contributed by atoms with E-state index in [2.05, 4.69) is 5.32 Å². The van der Waals surface area contributed by atoms with E-state index in [-0.39, 0.29) is 11.1 Å². The molecule has 5 rings (SSSR count). The number of nitrogens with one attached hydrogen (secondary N) is 1. The minimum atomic E-state index is -1.02. The second-order valence-corrected chi connectivity index (χ2v) is 10.9. The molecule has 0 bridgehead atoms. The number of hydrogen-bond acceptors (Lipinski definition) is 4. The monoisotopic (exact) mass is 514 g/mol. The van der Waals surface area contributed by atoms with Gasteiger partial charge in [-0.2, -0.15) is 0 Å². The van der Waals surface area contributed by atoms with Crippen molar-refractivity contribution < 1.29 is 14.3 Å². The SMILES string of the molecule is COC(=O)C(NC(=O)c1cc2c(n(CC3CCCCC3)c1=O)CCCCCC2)c1cccc2ccccc12. The van der Waals surface area contributed by atoms with Crippen molar-refractivity contribution in [2.24, 2.45) is 5.92 Å². The molecule has 1 amide bonds. The molecule has 200 valence electrons. The minimum Gasteiger partial charge on any atom is -0.467 e. The fourth-order valence-electron chi connectivity index (χ4n) is 6.31. The van der Waals surface area contributed by atoms with Gasteiger partial charge in [-0.1, -0.05) is 74.6 Å². The Morgan fingerprint density at radius 2 is 1.66 bits per heavy atom. The third-order valence-electron chi connectivity index (χ3n) is 8.36. The molecule has 2 aromatic carbocycles. The van der Waals surface area contributed by atoms with Crippen molar-refractivity contribution in [3.63, 3.8) is 0 Å². The molecule has 2 aliphatic carbocycles. The fraction of sp³-hybridized carbons (Fsp3) is 0.469. The highest BCUT2D eigenvalue weighted by Crippen LogP contribution is 2.28. The zero-order valence-corrected chi connectivity index (χ0v) is 22.3. The molecule has 3 aromatic rings. The van der Waals surface area contributed by atoms with Crippen LogP contribution in [0.4, 0.5) is 0 Å². The Bertz CT molecular complexity index is 1360. The summed E-state index contributed by atoms with van der Waals surface area (Å²) in [5, 5.41) is 4.69. The number of hydrogen-bond donors (Lipinski definition) is 1. The average Bonchev–Trinajstić information content (AvgIpc) is 2.93. The summed E-state index contributed by atoms with van der Waals surface area (Å²) >= 11 is 0. The molecule has 2 aliphatic rings. The first kappa shape index (κ1) is 26.2. The molecule has 6 heteroatoms. The third kappa shape index (κ3) is 5.54. The van der Waals surface area contributed by atoms with E-state index in [0.717, 1.165) is 67.0 Å². The number of carbonyl (C=O) groups is 2. The van der Waals surface area contributed by atoms with Crippen molar-refractivity contribution in [2.75, 3.05) is 7.11 Å². The number of rotatable bonds is 6. The van der Waals surface area contributed by atoms with E-state index in [1.165, 1.54) is 32.8 Å². The van der Waals surface area contributed by atoms with E-state index >= 15 is 0 Å². The number of amides is 1. The Morgan fingerprint density at radius 3 is 2.45 bits per heavy atom. The Morgan fingerprint density at radius 1 is 0.947 bits per heavy atom. The van der Waals surface area contributed by atoms with Crippen LogP contribution in [-0.4, -0.2) is 23.6 Å². The number of esters is 1. The van der Waals surface area contributed by atoms with Crippen LogP contribution in [0, 0.1) is 5.92 Å². The van der Waals surface area contributed by atoms with Crippen molar-refractivity contribution >= 4 is 22.6 Å². The summed E-state index contributed by atoms with van der Waals surface area (Å²) < 4.78 is 7.00. The van der Waals surface area contributed by atoms with Gasteiger partial charge in [-0.3, -0.25) is 9.59 Å². The molecular formula is C32H38N2O4. The number of ether oxygens (including phenoxy) is 1. The largest absolute Gasteiger partial charge is 0.467 e. The Labute approximate surface area is 224 Å². The summed E-state index contributed by atoms with van der Waals surface area (Å²) in [7, 11) is 1.31. The summed E-state index contributed by atoms with van der Waals surface area (Å²) in [6.07, 6.45) is 12.1. The van der Waals surface area contributed by atoms with Crippen LogP contribution in [0.25, 0.3) is 10.8 Å². The number of nitrogens with zero attached hydrogens (tertiary/aromatic N) is 1. The van der Waals surface area contributed by atoms with Gasteiger partial charge < -0.3 is 14.6 Å². The number of benzene rings is 2. The van der Waals surface area contributed by atoms with Crippen molar-refractivity contribution in [3.8, 4) is 0 Å². The zero-order chi connectivity index (χ0) is 26.5. The second-order valence-electron chi connectivity index (χ2n) is 10.9. The maximum atomic E-state index is 13.9. The lowest BCUT2D eigenvalue weighted by molar-refractivity contribution is -0.143. The van der Waals surface area contributed by atoms with Crippen molar-refractivity contribution in [1.82, 2.24) is 9.88 Å². The molecule has 1 fully saturated rings. The first-order chi connectivity index (χ1) is 18.6. The number of aryl methyl sites for hydroxylation is 1. The average molecular weight is 515 g/mol. The van der Waals surface area contributed by atoms with Crippen LogP contribution < -0.4 is 10.9 Å². The van der Waals surface area contributed by atoms with Gasteiger partial charge in [0.2, 0.25) is 0 Å². The van der Waals surface area contributed by atoms with E-state index < -0.39 is 17.9 Å². The standard InChI is InChI=1S/C32H38N2O4/c1-38-32(37)29(26-18-11-16-23-14-9-10-17-25(23)26)33-30(35)27-20-24-15-7-2-3-8-19-28(24)34(31(27)36)21-22-12-5-4-6-13-22/h9-11,14,16-18,20,22,29H,2-8,12-13,15,19,21H2,1H3,(H,33,35). The molecule has 1 aromatic heterocycles. The Hall–Kier alpha value is -3.41. The number of fused-ring (bicyclic) bond motifs is 2. The van der Waals surface area contributed by atoms with Gasteiger partial charge in [0.05, 0.1) is 7.11 Å². The molecular weight excluding hydrogens is 476 g/mol. The van der Waals surface area contributed by atoms with E-state index in [9.17, 15) is 14.4 Å². The molecule has 1 saturated carbocycles. The van der Waals surface area contributed by atoms with Gasteiger partial charge in [-0.25, -0.2) is 4.79 Å². The Balaban J connectivity index is 1.54. The van der Waals surface area contributed by atoms with Crippen LogP contribution in [-0.2, 0) is 28.9 Å². The van der Waals surface area contributed by atoms with Crippen LogP contribution in [0.5, 0.6) is 0 Å². The highest BCUT2D eigenvalue weighted by molar-refractivity contribution is 5.99. The highest BCUT2D eigenvalue weighted by atomic mass is 16.5.